The minimum absolute atomic E-state index is 0.109. The molecule has 2 aromatic rings. The summed E-state index contributed by atoms with van der Waals surface area (Å²) in [6.45, 7) is 0.964. The van der Waals surface area contributed by atoms with Crippen molar-refractivity contribution in [2.75, 3.05) is 6.54 Å². The predicted octanol–water partition coefficient (Wildman–Crippen LogP) is 3.66. The largest absolute Gasteiger partial charge is 0.338 e. The van der Waals surface area contributed by atoms with Crippen LogP contribution in [0.5, 0.6) is 0 Å². The van der Waals surface area contributed by atoms with Crippen LogP contribution in [-0.4, -0.2) is 16.7 Å². The number of rotatable bonds is 3. The number of hydrogen-bond donors (Lipinski definition) is 1. The number of hydrogen-bond acceptors (Lipinski definition) is 4. The summed E-state index contributed by atoms with van der Waals surface area (Å²) in [7, 11) is 0. The average molecular weight is 310 g/mol. The lowest BCUT2D eigenvalue weighted by molar-refractivity contribution is 0.325. The van der Waals surface area contributed by atoms with Gasteiger partial charge in [-0.25, -0.2) is 4.39 Å². The van der Waals surface area contributed by atoms with Crippen molar-refractivity contribution in [3.05, 3.63) is 46.3 Å². The van der Waals surface area contributed by atoms with Crippen molar-refractivity contribution in [1.29, 1.82) is 0 Å². The van der Waals surface area contributed by atoms with Crippen LogP contribution in [0.15, 0.2) is 22.7 Å². The van der Waals surface area contributed by atoms with Gasteiger partial charge in [0.15, 0.2) is 5.82 Å². The Bertz CT molecular complexity index is 609. The van der Waals surface area contributed by atoms with Gasteiger partial charge in [0.1, 0.15) is 5.82 Å². The topological polar surface area (TPSA) is 51.0 Å². The molecule has 21 heavy (non-hydrogen) atoms. The van der Waals surface area contributed by atoms with Gasteiger partial charge in [-0.2, -0.15) is 4.98 Å². The highest BCUT2D eigenvalue weighted by Crippen LogP contribution is 2.23. The molecule has 1 atom stereocenters. The second-order valence-corrected chi connectivity index (χ2v) is 5.70. The van der Waals surface area contributed by atoms with E-state index in [9.17, 15) is 4.39 Å². The van der Waals surface area contributed by atoms with Crippen LogP contribution in [-0.2, 0) is 6.42 Å². The normalized spacial score (nSPS) is 19.4. The number of nitrogens with one attached hydrogen (secondary N) is 1. The predicted molar refractivity (Wildman–Crippen MR) is 77.7 cm³/mol. The molecule has 0 saturated carbocycles. The van der Waals surface area contributed by atoms with Crippen LogP contribution in [0.1, 0.15) is 49.0 Å². The van der Waals surface area contributed by atoms with Gasteiger partial charge in [0, 0.05) is 6.42 Å². The number of halogens is 2. The molecule has 0 amide bonds. The Balaban J connectivity index is 1.74. The summed E-state index contributed by atoms with van der Waals surface area (Å²) in [5.74, 6) is 0.657. The molecular formula is C15H17ClFN3O. The Morgan fingerprint density at radius 3 is 3.14 bits per heavy atom. The van der Waals surface area contributed by atoms with E-state index in [-0.39, 0.29) is 17.5 Å². The van der Waals surface area contributed by atoms with E-state index in [0.29, 0.717) is 17.3 Å². The monoisotopic (exact) mass is 309 g/mol. The SMILES string of the molecule is Fc1c(Cl)cccc1Cc1noc(C2CCCCCN2)n1. The van der Waals surface area contributed by atoms with Crippen LogP contribution in [0.25, 0.3) is 0 Å². The van der Waals surface area contributed by atoms with Gasteiger partial charge in [-0.15, -0.1) is 0 Å². The lowest BCUT2D eigenvalue weighted by atomic mass is 10.1. The maximum atomic E-state index is 13.9. The highest BCUT2D eigenvalue weighted by molar-refractivity contribution is 6.30. The summed E-state index contributed by atoms with van der Waals surface area (Å²) in [6, 6.07) is 5.03. The molecule has 4 nitrogen and oxygen atoms in total. The molecule has 1 saturated heterocycles. The van der Waals surface area contributed by atoms with Gasteiger partial charge in [-0.05, 0) is 31.0 Å². The molecule has 0 aliphatic carbocycles. The van der Waals surface area contributed by atoms with Crippen LogP contribution in [0.3, 0.4) is 0 Å². The minimum Gasteiger partial charge on any atom is -0.338 e. The molecule has 1 unspecified atom stereocenters. The molecule has 0 radical (unpaired) electrons. The Labute approximate surface area is 127 Å². The van der Waals surface area contributed by atoms with E-state index in [0.717, 1.165) is 19.4 Å². The van der Waals surface area contributed by atoms with Gasteiger partial charge in [-0.1, -0.05) is 41.7 Å². The molecule has 1 N–H and O–H groups in total. The zero-order chi connectivity index (χ0) is 14.7. The van der Waals surface area contributed by atoms with Gasteiger partial charge in [0.05, 0.1) is 11.1 Å². The summed E-state index contributed by atoms with van der Waals surface area (Å²) in [5.41, 5.74) is 0.476. The molecule has 112 valence electrons. The first-order valence-electron chi connectivity index (χ1n) is 7.23. The maximum Gasteiger partial charge on any atom is 0.243 e. The molecule has 1 aliphatic heterocycles. The zero-order valence-electron chi connectivity index (χ0n) is 11.6. The van der Waals surface area contributed by atoms with Crippen molar-refractivity contribution in [2.45, 2.75) is 38.1 Å². The van der Waals surface area contributed by atoms with Crippen molar-refractivity contribution in [2.24, 2.45) is 0 Å². The average Bonchev–Trinajstić information content (AvgIpc) is 2.77. The Hall–Kier alpha value is -1.46. The summed E-state index contributed by atoms with van der Waals surface area (Å²) in [6.07, 6.45) is 4.82. The Morgan fingerprint density at radius 1 is 1.33 bits per heavy atom. The highest BCUT2D eigenvalue weighted by atomic mass is 35.5. The molecule has 1 aromatic carbocycles. The fourth-order valence-corrected chi connectivity index (χ4v) is 2.77. The smallest absolute Gasteiger partial charge is 0.243 e. The lowest BCUT2D eigenvalue weighted by Crippen LogP contribution is -2.20. The standard InChI is InChI=1S/C15H17ClFN3O/c16-11-6-4-5-10(14(11)17)9-13-19-15(21-20-13)12-7-2-1-3-8-18-12/h4-6,12,18H,1-3,7-9H2. The first-order valence-corrected chi connectivity index (χ1v) is 7.60. The van der Waals surface area contributed by atoms with Gasteiger partial charge >= 0.3 is 0 Å². The third-order valence-corrected chi connectivity index (χ3v) is 4.01. The van der Waals surface area contributed by atoms with E-state index >= 15 is 0 Å². The van der Waals surface area contributed by atoms with E-state index in [2.05, 4.69) is 15.5 Å². The third kappa shape index (κ3) is 3.41. The van der Waals surface area contributed by atoms with Crippen molar-refractivity contribution in [1.82, 2.24) is 15.5 Å². The second-order valence-electron chi connectivity index (χ2n) is 5.29. The fraction of sp³-hybridized carbons (Fsp3) is 0.467. The first-order chi connectivity index (χ1) is 10.2. The van der Waals surface area contributed by atoms with Crippen LogP contribution in [0, 0.1) is 5.82 Å². The summed E-state index contributed by atoms with van der Waals surface area (Å²) < 4.78 is 19.2. The van der Waals surface area contributed by atoms with Crippen molar-refractivity contribution in [3.63, 3.8) is 0 Å². The molecule has 1 aromatic heterocycles. The Kier molecular flexibility index (Phi) is 4.51. The van der Waals surface area contributed by atoms with Crippen LogP contribution in [0.2, 0.25) is 5.02 Å². The van der Waals surface area contributed by atoms with Gasteiger partial charge < -0.3 is 9.84 Å². The molecular weight excluding hydrogens is 293 g/mol. The van der Waals surface area contributed by atoms with Gasteiger partial charge in [-0.3, -0.25) is 0 Å². The number of nitrogens with zero attached hydrogens (tertiary/aromatic N) is 2. The zero-order valence-corrected chi connectivity index (χ0v) is 12.4. The third-order valence-electron chi connectivity index (χ3n) is 3.72. The summed E-state index contributed by atoms with van der Waals surface area (Å²) >= 11 is 5.78. The molecule has 1 fully saturated rings. The Morgan fingerprint density at radius 2 is 2.24 bits per heavy atom. The first kappa shape index (κ1) is 14.5. The quantitative estimate of drug-likeness (QED) is 0.940. The van der Waals surface area contributed by atoms with Crippen molar-refractivity contribution >= 4 is 11.6 Å². The van der Waals surface area contributed by atoms with E-state index < -0.39 is 5.82 Å². The molecule has 6 heteroatoms. The van der Waals surface area contributed by atoms with Crippen LogP contribution >= 0.6 is 11.6 Å². The fourth-order valence-electron chi connectivity index (χ4n) is 2.58. The van der Waals surface area contributed by atoms with Crippen LogP contribution < -0.4 is 5.32 Å². The van der Waals surface area contributed by atoms with E-state index in [4.69, 9.17) is 16.1 Å². The molecule has 2 heterocycles. The van der Waals surface area contributed by atoms with Crippen molar-refractivity contribution < 1.29 is 8.91 Å². The summed E-state index contributed by atoms with van der Waals surface area (Å²) in [5, 5.41) is 7.47. The highest BCUT2D eigenvalue weighted by Gasteiger charge is 2.20. The molecule has 0 spiro atoms. The van der Waals surface area contributed by atoms with E-state index in [1.54, 1.807) is 12.1 Å². The summed E-state index contributed by atoms with van der Waals surface area (Å²) in [4.78, 5) is 4.39. The van der Waals surface area contributed by atoms with E-state index in [1.807, 2.05) is 0 Å². The maximum absolute atomic E-state index is 13.9. The lowest BCUT2D eigenvalue weighted by Gasteiger charge is -2.09. The molecule has 0 bridgehead atoms. The van der Waals surface area contributed by atoms with Gasteiger partial charge in [0.2, 0.25) is 5.89 Å². The second kappa shape index (κ2) is 6.54. The van der Waals surface area contributed by atoms with Crippen LogP contribution in [0.4, 0.5) is 4.39 Å². The minimum atomic E-state index is -0.418. The van der Waals surface area contributed by atoms with Crippen molar-refractivity contribution in [3.8, 4) is 0 Å². The van der Waals surface area contributed by atoms with E-state index in [1.165, 1.54) is 18.9 Å². The number of benzene rings is 1. The van der Waals surface area contributed by atoms with Gasteiger partial charge in [0.25, 0.3) is 0 Å². The number of aromatic nitrogens is 2. The molecule has 3 rings (SSSR count). The molecule has 1 aliphatic rings.